The minimum atomic E-state index is -2.47. The van der Waals surface area contributed by atoms with E-state index in [1.165, 1.54) is 0 Å². The van der Waals surface area contributed by atoms with E-state index >= 15 is 0 Å². The zero-order valence-corrected chi connectivity index (χ0v) is 19.8. The third-order valence-electron chi connectivity index (χ3n) is 5.01. The molecule has 0 radical (unpaired) electrons. The average molecular weight is 480 g/mol. The molecule has 12 heteroatoms. The van der Waals surface area contributed by atoms with Crippen molar-refractivity contribution >= 4 is 38.1 Å². The third-order valence-corrected chi connectivity index (χ3v) is 6.83. The summed E-state index contributed by atoms with van der Waals surface area (Å²) in [6.07, 6.45) is 1.65. The lowest BCUT2D eigenvalue weighted by Crippen LogP contribution is -2.36. The Labute approximate surface area is 191 Å². The van der Waals surface area contributed by atoms with Gasteiger partial charge in [0, 0.05) is 36.8 Å². The molecule has 0 N–H and O–H groups in total. The number of nitrogens with zero attached hydrogens (tertiary/aromatic N) is 5. The minimum absolute atomic E-state index is 0.00550. The molecule has 172 valence electrons. The minimum Gasteiger partial charge on any atom is -0.496 e. The summed E-state index contributed by atoms with van der Waals surface area (Å²) in [6.45, 7) is 3.23. The normalized spacial score (nSPS) is 14.5. The van der Waals surface area contributed by atoms with Crippen molar-refractivity contribution in [3.8, 4) is 23.0 Å². The molecular formula is C20H25N5O5S2. The summed E-state index contributed by atoms with van der Waals surface area (Å²) >= 11 is 1.58. The Balaban J connectivity index is 1.80. The monoisotopic (exact) mass is 479 g/mol. The molecule has 0 unspecified atom stereocenters. The zero-order chi connectivity index (χ0) is 22.7. The largest absolute Gasteiger partial charge is 0.496 e. The number of morpholine rings is 1. The number of pyridine rings is 1. The van der Waals surface area contributed by atoms with Gasteiger partial charge in [0.15, 0.2) is 22.3 Å². The van der Waals surface area contributed by atoms with Gasteiger partial charge in [0.05, 0.1) is 49.1 Å². The molecule has 1 fully saturated rings. The fourth-order valence-corrected chi connectivity index (χ4v) is 5.22. The zero-order valence-electron chi connectivity index (χ0n) is 18.1. The molecule has 1 aliphatic heterocycles. The van der Waals surface area contributed by atoms with Gasteiger partial charge < -0.3 is 19.1 Å². The van der Waals surface area contributed by atoms with Gasteiger partial charge in [-0.1, -0.05) is 0 Å². The van der Waals surface area contributed by atoms with Crippen LogP contribution in [0.2, 0.25) is 0 Å². The van der Waals surface area contributed by atoms with E-state index < -0.39 is 10.7 Å². The van der Waals surface area contributed by atoms with Gasteiger partial charge in [0.1, 0.15) is 5.75 Å². The van der Waals surface area contributed by atoms with Crippen LogP contribution in [0.5, 0.6) is 11.6 Å². The Kier molecular flexibility index (Phi) is 7.04. The Bertz CT molecular complexity index is 1170. The van der Waals surface area contributed by atoms with Gasteiger partial charge in [-0.05, 0) is 13.1 Å². The summed E-state index contributed by atoms with van der Waals surface area (Å²) < 4.78 is 39.4. The Morgan fingerprint density at radius 1 is 1.19 bits per heavy atom. The summed E-state index contributed by atoms with van der Waals surface area (Å²) in [7, 11) is 2.44. The van der Waals surface area contributed by atoms with Crippen molar-refractivity contribution in [1.29, 1.82) is 0 Å². The molecule has 0 aromatic carbocycles. The number of thiol groups is 1. The smallest absolute Gasteiger partial charge is 0.216 e. The SMILES string of the molecule is COc1cc(OC)c(-c2nc(N3CCOCC3)c3sc(CN(C)C[SH](=O)=O)cc3n2)cn1. The number of methoxy groups -OCH3 is 2. The highest BCUT2D eigenvalue weighted by Crippen LogP contribution is 2.37. The van der Waals surface area contributed by atoms with Crippen LogP contribution in [0.1, 0.15) is 4.88 Å². The molecule has 0 bridgehead atoms. The van der Waals surface area contributed by atoms with Gasteiger partial charge in [0.2, 0.25) is 5.88 Å². The van der Waals surface area contributed by atoms with Crippen molar-refractivity contribution in [3.05, 3.63) is 23.2 Å². The molecule has 0 aliphatic carbocycles. The maximum atomic E-state index is 11.1. The first-order valence-electron chi connectivity index (χ1n) is 10.0. The van der Waals surface area contributed by atoms with Crippen LogP contribution in [0.4, 0.5) is 5.82 Å². The summed E-state index contributed by atoms with van der Waals surface area (Å²) in [4.78, 5) is 19.0. The number of fused-ring (bicyclic) bond motifs is 1. The number of hydrogen-bond donors (Lipinski definition) is 1. The lowest BCUT2D eigenvalue weighted by atomic mass is 10.2. The van der Waals surface area contributed by atoms with Gasteiger partial charge in [-0.3, -0.25) is 4.90 Å². The van der Waals surface area contributed by atoms with Crippen LogP contribution in [-0.2, 0) is 22.0 Å². The molecular weight excluding hydrogens is 454 g/mol. The summed E-state index contributed by atoms with van der Waals surface area (Å²) in [5, 5.41) is 0. The third kappa shape index (κ3) is 4.93. The fraction of sp³-hybridized carbons (Fsp3) is 0.450. The van der Waals surface area contributed by atoms with E-state index in [1.54, 1.807) is 49.8 Å². The van der Waals surface area contributed by atoms with Gasteiger partial charge in [-0.2, -0.15) is 0 Å². The molecule has 1 saturated heterocycles. The number of aromatic nitrogens is 3. The van der Waals surface area contributed by atoms with E-state index in [1.807, 2.05) is 6.07 Å². The van der Waals surface area contributed by atoms with Gasteiger partial charge in [-0.15, -0.1) is 11.3 Å². The molecule has 0 spiro atoms. The second-order valence-corrected chi connectivity index (χ2v) is 9.40. The highest BCUT2D eigenvalue weighted by molar-refractivity contribution is 7.72. The molecule has 4 heterocycles. The van der Waals surface area contributed by atoms with Crippen molar-refractivity contribution < 1.29 is 22.6 Å². The molecule has 0 amide bonds. The number of thiophene rings is 1. The van der Waals surface area contributed by atoms with E-state index in [4.69, 9.17) is 24.2 Å². The summed E-state index contributed by atoms with van der Waals surface area (Å²) in [6, 6.07) is 3.70. The maximum Gasteiger partial charge on any atom is 0.216 e. The van der Waals surface area contributed by atoms with E-state index in [9.17, 15) is 8.42 Å². The Hall–Kier alpha value is -2.54. The molecule has 4 rings (SSSR count). The quantitative estimate of drug-likeness (QED) is 0.479. The first kappa shape index (κ1) is 22.6. The van der Waals surface area contributed by atoms with Crippen molar-refractivity contribution in [3.63, 3.8) is 0 Å². The van der Waals surface area contributed by atoms with E-state index in [0.29, 0.717) is 42.8 Å². The number of anilines is 1. The fourth-order valence-electron chi connectivity index (χ4n) is 3.53. The number of ether oxygens (including phenoxy) is 3. The van der Waals surface area contributed by atoms with Crippen molar-refractivity contribution in [2.45, 2.75) is 6.54 Å². The predicted octanol–water partition coefficient (Wildman–Crippen LogP) is 1.61. The van der Waals surface area contributed by atoms with Crippen molar-refractivity contribution in [2.75, 3.05) is 58.3 Å². The van der Waals surface area contributed by atoms with Crippen LogP contribution in [0.15, 0.2) is 18.3 Å². The Morgan fingerprint density at radius 3 is 2.66 bits per heavy atom. The van der Waals surface area contributed by atoms with Crippen LogP contribution in [0, 0.1) is 0 Å². The molecule has 3 aromatic heterocycles. The molecule has 10 nitrogen and oxygen atoms in total. The van der Waals surface area contributed by atoms with Crippen LogP contribution in [-0.4, -0.2) is 81.7 Å². The molecule has 32 heavy (non-hydrogen) atoms. The molecule has 3 aromatic rings. The van der Waals surface area contributed by atoms with Gasteiger partial charge in [0.25, 0.3) is 0 Å². The van der Waals surface area contributed by atoms with Crippen LogP contribution < -0.4 is 14.4 Å². The highest BCUT2D eigenvalue weighted by atomic mass is 32.2. The number of hydrogen-bond acceptors (Lipinski definition) is 11. The van der Waals surface area contributed by atoms with Crippen LogP contribution in [0.3, 0.4) is 0 Å². The van der Waals surface area contributed by atoms with Crippen LogP contribution in [0.25, 0.3) is 21.6 Å². The van der Waals surface area contributed by atoms with Crippen molar-refractivity contribution in [1.82, 2.24) is 19.9 Å². The van der Waals surface area contributed by atoms with E-state index in [0.717, 1.165) is 34.0 Å². The van der Waals surface area contributed by atoms with Crippen LogP contribution >= 0.6 is 11.3 Å². The standard InChI is InChI=1S/C20H25N5O5S2/c1-24(12-32(26)27)11-13-8-15-18(31-13)20(25-4-6-30-7-5-25)23-19(22-15)14-10-21-17(29-3)9-16(14)28-2/h8-10,32H,4-7,11-12H2,1-3H3. The topological polar surface area (TPSA) is 107 Å². The summed E-state index contributed by atoms with van der Waals surface area (Å²) in [5.41, 5.74) is 1.47. The van der Waals surface area contributed by atoms with Gasteiger partial charge >= 0.3 is 0 Å². The molecule has 0 saturated carbocycles. The van der Waals surface area contributed by atoms with E-state index in [-0.39, 0.29) is 5.88 Å². The second kappa shape index (κ2) is 9.94. The highest BCUT2D eigenvalue weighted by Gasteiger charge is 2.22. The first-order valence-corrected chi connectivity index (χ1v) is 12.2. The molecule has 0 atom stereocenters. The van der Waals surface area contributed by atoms with Gasteiger partial charge in [-0.25, -0.2) is 23.4 Å². The Morgan fingerprint density at radius 2 is 1.97 bits per heavy atom. The average Bonchev–Trinajstić information content (AvgIpc) is 3.19. The van der Waals surface area contributed by atoms with E-state index in [2.05, 4.69) is 9.88 Å². The lowest BCUT2D eigenvalue weighted by molar-refractivity contribution is 0.122. The first-order chi connectivity index (χ1) is 15.5. The molecule has 1 aliphatic rings. The second-order valence-electron chi connectivity index (χ2n) is 7.31. The summed E-state index contributed by atoms with van der Waals surface area (Å²) in [5.74, 6) is 2.36. The maximum absolute atomic E-state index is 11.1. The number of rotatable bonds is 8. The predicted molar refractivity (Wildman–Crippen MR) is 123 cm³/mol. The lowest BCUT2D eigenvalue weighted by Gasteiger charge is -2.28. The van der Waals surface area contributed by atoms with Crippen molar-refractivity contribution in [2.24, 2.45) is 0 Å².